The Labute approximate surface area is 122 Å². The summed E-state index contributed by atoms with van der Waals surface area (Å²) in [6, 6.07) is 11.9. The molecule has 0 bridgehead atoms. The summed E-state index contributed by atoms with van der Waals surface area (Å²) in [6.07, 6.45) is 2.61. The van der Waals surface area contributed by atoms with E-state index in [-0.39, 0.29) is 29.8 Å². The molecule has 0 saturated carbocycles. The number of aryl methyl sites for hydroxylation is 1. The predicted octanol–water partition coefficient (Wildman–Crippen LogP) is -1.01. The molecule has 4 heteroatoms. The Hall–Kier alpha value is -1.30. The van der Waals surface area contributed by atoms with E-state index in [1.54, 1.807) is 18.2 Å². The molecule has 0 aliphatic carbocycles. The van der Waals surface area contributed by atoms with E-state index in [4.69, 9.17) is 0 Å². The van der Waals surface area contributed by atoms with Crippen LogP contribution in [-0.2, 0) is 11.8 Å². The quantitative estimate of drug-likeness (QED) is 0.392. The number of carbonyl (C=O) groups excluding carboxylic acids is 1. The van der Waals surface area contributed by atoms with E-state index < -0.39 is 5.92 Å². The Morgan fingerprint density at radius 1 is 1.17 bits per heavy atom. The van der Waals surface area contributed by atoms with Crippen LogP contribution in [0.5, 0.6) is 0 Å². The van der Waals surface area contributed by atoms with Crippen molar-refractivity contribution in [3.05, 3.63) is 65.7 Å². The summed E-state index contributed by atoms with van der Waals surface area (Å²) >= 11 is 0. The highest BCUT2D eigenvalue weighted by Crippen LogP contribution is 2.22. The van der Waals surface area contributed by atoms with Crippen molar-refractivity contribution < 1.29 is 37.7 Å². The van der Waals surface area contributed by atoms with Crippen LogP contribution in [0, 0.1) is 5.82 Å². The molecule has 18 heavy (non-hydrogen) atoms. The second-order valence-corrected chi connectivity index (χ2v) is 3.87. The molecule has 2 rings (SSSR count). The number of halogens is 2. The Bertz CT molecular complexity index is 499. The molecular formula is C14H13FINO. The van der Waals surface area contributed by atoms with Gasteiger partial charge in [-0.3, -0.25) is 0 Å². The average Bonchev–Trinajstić information content (AvgIpc) is 2.34. The number of nitrogens with zero attached hydrogens (tertiary/aromatic N) is 1. The van der Waals surface area contributed by atoms with Crippen LogP contribution in [0.15, 0.2) is 48.7 Å². The lowest BCUT2D eigenvalue weighted by Gasteiger charge is -2.09. The van der Waals surface area contributed by atoms with E-state index in [0.29, 0.717) is 5.56 Å². The zero-order chi connectivity index (χ0) is 12.3. The van der Waals surface area contributed by atoms with Gasteiger partial charge in [-0.05, 0) is 6.07 Å². The third kappa shape index (κ3) is 2.93. The largest absolute Gasteiger partial charge is 1.00 e. The van der Waals surface area contributed by atoms with Crippen molar-refractivity contribution in [1.29, 1.82) is 0 Å². The third-order valence-corrected chi connectivity index (χ3v) is 2.79. The zero-order valence-corrected chi connectivity index (χ0v) is 12.0. The fraction of sp³-hybridized carbons (Fsp3) is 0.143. The first kappa shape index (κ1) is 14.8. The Morgan fingerprint density at radius 3 is 2.44 bits per heavy atom. The van der Waals surface area contributed by atoms with Crippen molar-refractivity contribution in [2.24, 2.45) is 7.05 Å². The highest BCUT2D eigenvalue weighted by molar-refractivity contribution is 5.66. The fourth-order valence-corrected chi connectivity index (χ4v) is 1.89. The topological polar surface area (TPSA) is 20.9 Å². The molecule has 1 heterocycles. The molecule has 0 aliphatic rings. The van der Waals surface area contributed by atoms with Crippen LogP contribution in [0.25, 0.3) is 0 Å². The molecule has 2 nitrogen and oxygen atoms in total. The summed E-state index contributed by atoms with van der Waals surface area (Å²) in [7, 11) is 1.84. The fourth-order valence-electron chi connectivity index (χ4n) is 1.89. The van der Waals surface area contributed by atoms with Gasteiger partial charge in [0.15, 0.2) is 11.9 Å². The first-order valence-electron chi connectivity index (χ1n) is 5.38. The maximum atomic E-state index is 13.7. The van der Waals surface area contributed by atoms with Gasteiger partial charge in [-0.1, -0.05) is 24.3 Å². The van der Waals surface area contributed by atoms with Gasteiger partial charge in [0.1, 0.15) is 25.1 Å². The number of benzene rings is 1. The second-order valence-electron chi connectivity index (χ2n) is 3.87. The van der Waals surface area contributed by atoms with Gasteiger partial charge in [0.05, 0.1) is 0 Å². The summed E-state index contributed by atoms with van der Waals surface area (Å²) in [6.45, 7) is 0. The summed E-state index contributed by atoms with van der Waals surface area (Å²) in [5, 5.41) is 0. The van der Waals surface area contributed by atoms with Crippen LogP contribution in [-0.4, -0.2) is 6.29 Å². The van der Waals surface area contributed by atoms with Crippen LogP contribution in [0.1, 0.15) is 17.2 Å². The number of hydrogen-bond donors (Lipinski definition) is 0. The molecule has 94 valence electrons. The van der Waals surface area contributed by atoms with E-state index in [2.05, 4.69) is 0 Å². The zero-order valence-electron chi connectivity index (χ0n) is 9.88. The second kappa shape index (κ2) is 6.58. The van der Waals surface area contributed by atoms with E-state index in [1.807, 2.05) is 36.0 Å². The molecule has 0 amide bonds. The third-order valence-electron chi connectivity index (χ3n) is 2.79. The summed E-state index contributed by atoms with van der Waals surface area (Å²) in [5.41, 5.74) is 1.18. The summed E-state index contributed by atoms with van der Waals surface area (Å²) < 4.78 is 15.5. The number of hydrogen-bond acceptors (Lipinski definition) is 1. The molecule has 1 aromatic carbocycles. The minimum atomic E-state index is -0.567. The molecule has 0 saturated heterocycles. The molecule has 1 unspecified atom stereocenters. The number of aldehydes is 1. The first-order chi connectivity index (χ1) is 8.24. The summed E-state index contributed by atoms with van der Waals surface area (Å²) in [5.74, 6) is -0.921. The molecule has 0 N–H and O–H groups in total. The van der Waals surface area contributed by atoms with Gasteiger partial charge in [-0.2, -0.15) is 0 Å². The average molecular weight is 357 g/mol. The van der Waals surface area contributed by atoms with Crippen LogP contribution >= 0.6 is 0 Å². The van der Waals surface area contributed by atoms with Gasteiger partial charge >= 0.3 is 0 Å². The van der Waals surface area contributed by atoms with Crippen molar-refractivity contribution in [2.75, 3.05) is 0 Å². The maximum absolute atomic E-state index is 13.7. The van der Waals surface area contributed by atoms with Crippen LogP contribution in [0.3, 0.4) is 0 Å². The molecular weight excluding hydrogens is 344 g/mol. The lowest BCUT2D eigenvalue weighted by Crippen LogP contribution is -3.00. The van der Waals surface area contributed by atoms with Crippen molar-refractivity contribution >= 4 is 6.29 Å². The van der Waals surface area contributed by atoms with Gasteiger partial charge in [0.25, 0.3) is 0 Å². The molecule has 0 fully saturated rings. The van der Waals surface area contributed by atoms with Gasteiger partial charge < -0.3 is 28.8 Å². The monoisotopic (exact) mass is 357 g/mol. The molecule has 0 aliphatic heterocycles. The van der Waals surface area contributed by atoms with Gasteiger partial charge in [0, 0.05) is 17.7 Å². The number of rotatable bonds is 3. The Kier molecular flexibility index (Phi) is 5.40. The van der Waals surface area contributed by atoms with Crippen molar-refractivity contribution in [1.82, 2.24) is 0 Å². The van der Waals surface area contributed by atoms with E-state index in [9.17, 15) is 9.18 Å². The maximum Gasteiger partial charge on any atom is 0.195 e. The minimum absolute atomic E-state index is 0. The van der Waals surface area contributed by atoms with Crippen molar-refractivity contribution in [2.45, 2.75) is 5.92 Å². The smallest absolute Gasteiger partial charge is 0.195 e. The molecule has 1 aromatic heterocycles. The Morgan fingerprint density at radius 2 is 1.83 bits per heavy atom. The van der Waals surface area contributed by atoms with Gasteiger partial charge in [0.2, 0.25) is 0 Å². The lowest BCUT2D eigenvalue weighted by molar-refractivity contribution is -0.679. The number of carbonyl (C=O) groups is 1. The molecule has 0 radical (unpaired) electrons. The number of pyridine rings is 1. The highest BCUT2D eigenvalue weighted by atomic mass is 127. The minimum Gasteiger partial charge on any atom is -1.00 e. The number of aromatic nitrogens is 1. The van der Waals surface area contributed by atoms with Crippen LogP contribution in [0.4, 0.5) is 4.39 Å². The van der Waals surface area contributed by atoms with Crippen molar-refractivity contribution in [3.8, 4) is 0 Å². The van der Waals surface area contributed by atoms with Crippen LogP contribution in [0.2, 0.25) is 0 Å². The SMILES string of the molecule is C[n+]1ccccc1C(C=O)c1ccccc1F.[I-]. The Balaban J connectivity index is 0.00000162. The van der Waals surface area contributed by atoms with E-state index in [0.717, 1.165) is 12.0 Å². The first-order valence-corrected chi connectivity index (χ1v) is 5.38. The van der Waals surface area contributed by atoms with E-state index in [1.165, 1.54) is 6.07 Å². The van der Waals surface area contributed by atoms with Crippen LogP contribution < -0.4 is 28.5 Å². The molecule has 1 atom stereocenters. The predicted molar refractivity (Wildman–Crippen MR) is 61.9 cm³/mol. The van der Waals surface area contributed by atoms with Gasteiger partial charge in [-0.15, -0.1) is 0 Å². The van der Waals surface area contributed by atoms with E-state index >= 15 is 0 Å². The highest BCUT2D eigenvalue weighted by Gasteiger charge is 2.23. The van der Waals surface area contributed by atoms with Gasteiger partial charge in [-0.25, -0.2) is 8.96 Å². The standard InChI is InChI=1S/C14H13FNO.HI/c1-16-9-5-4-8-14(16)12(10-17)11-6-2-3-7-13(11)15;/h2-10,12H,1H3;1H/q+1;/p-1. The lowest BCUT2D eigenvalue weighted by atomic mass is 9.96. The summed E-state index contributed by atoms with van der Waals surface area (Å²) in [4.78, 5) is 11.2. The molecule has 2 aromatic rings. The van der Waals surface area contributed by atoms with Crippen molar-refractivity contribution in [3.63, 3.8) is 0 Å². The molecule has 0 spiro atoms. The normalized spacial score (nSPS) is 11.4.